The number of nitrogens with one attached hydrogen (secondary N) is 1. The van der Waals surface area contributed by atoms with Gasteiger partial charge in [-0.2, -0.15) is 13.2 Å². The number of H-pyrrole nitrogens is 1. The number of alkyl halides is 3. The predicted molar refractivity (Wildman–Crippen MR) is 92.2 cm³/mol. The van der Waals surface area contributed by atoms with E-state index < -0.39 is 11.9 Å². The summed E-state index contributed by atoms with van der Waals surface area (Å²) >= 11 is 0. The van der Waals surface area contributed by atoms with Gasteiger partial charge in [-0.25, -0.2) is 4.98 Å². The Balaban J connectivity index is 1.71. The number of rotatable bonds is 3. The van der Waals surface area contributed by atoms with Crippen LogP contribution in [0.5, 0.6) is 0 Å². The van der Waals surface area contributed by atoms with Crippen LogP contribution in [-0.4, -0.2) is 48.0 Å². The Morgan fingerprint density at radius 3 is 2.54 bits per heavy atom. The molecule has 1 N–H and O–H groups in total. The number of hydrogen-bond donors (Lipinski definition) is 1. The first-order chi connectivity index (χ1) is 12.3. The van der Waals surface area contributed by atoms with Gasteiger partial charge in [-0.05, 0) is 37.1 Å². The Morgan fingerprint density at radius 1 is 1.27 bits per heavy atom. The third-order valence-electron chi connectivity index (χ3n) is 4.63. The molecule has 1 unspecified atom stereocenters. The summed E-state index contributed by atoms with van der Waals surface area (Å²) in [4.78, 5) is 22.6. The number of carbonyl (C=O) groups excluding carboxylic acids is 1. The molecular weight excluding hydrogens is 345 g/mol. The summed E-state index contributed by atoms with van der Waals surface area (Å²) in [6.45, 7) is 0.955. The van der Waals surface area contributed by atoms with Crippen molar-refractivity contribution in [2.45, 2.75) is 24.9 Å². The first-order valence-corrected chi connectivity index (χ1v) is 8.44. The van der Waals surface area contributed by atoms with E-state index in [1.807, 2.05) is 31.1 Å². The molecule has 8 heteroatoms. The number of imidazole rings is 1. The molecule has 1 atom stereocenters. The first kappa shape index (κ1) is 18.3. The summed E-state index contributed by atoms with van der Waals surface area (Å²) in [5.74, 6) is -0.0368. The second kappa shape index (κ2) is 7.01. The molecule has 1 amide bonds. The molecule has 1 fully saturated rings. The lowest BCUT2D eigenvalue weighted by molar-refractivity contribution is -0.141. The van der Waals surface area contributed by atoms with Gasteiger partial charge in [0.1, 0.15) is 11.5 Å². The quantitative estimate of drug-likeness (QED) is 0.904. The van der Waals surface area contributed by atoms with Gasteiger partial charge < -0.3 is 14.8 Å². The maximum atomic E-state index is 12.7. The van der Waals surface area contributed by atoms with Crippen molar-refractivity contribution in [2.24, 2.45) is 0 Å². The molecule has 0 aliphatic carbocycles. The molecule has 1 saturated heterocycles. The van der Waals surface area contributed by atoms with Crippen LogP contribution in [-0.2, 0) is 6.18 Å². The number of piperidine rings is 1. The van der Waals surface area contributed by atoms with Crippen molar-refractivity contribution in [1.82, 2.24) is 14.9 Å². The summed E-state index contributed by atoms with van der Waals surface area (Å²) in [5, 5.41) is 0. The highest BCUT2D eigenvalue weighted by Gasteiger charge is 2.35. The topological polar surface area (TPSA) is 52.2 Å². The van der Waals surface area contributed by atoms with Crippen LogP contribution >= 0.6 is 0 Å². The Morgan fingerprint density at radius 2 is 1.96 bits per heavy atom. The largest absolute Gasteiger partial charge is 0.432 e. The summed E-state index contributed by atoms with van der Waals surface area (Å²) in [6, 6.07) is 7.29. The Kier molecular flexibility index (Phi) is 4.93. The number of nitrogens with zero attached hydrogens (tertiary/aromatic N) is 3. The van der Waals surface area contributed by atoms with E-state index in [4.69, 9.17) is 0 Å². The van der Waals surface area contributed by atoms with Crippen LogP contribution in [0.4, 0.5) is 18.9 Å². The number of likely N-dealkylation sites (tertiary alicyclic amines) is 1. The monoisotopic (exact) mass is 366 g/mol. The number of benzene rings is 1. The van der Waals surface area contributed by atoms with Crippen molar-refractivity contribution in [3.8, 4) is 0 Å². The average molecular weight is 366 g/mol. The van der Waals surface area contributed by atoms with Crippen molar-refractivity contribution in [2.75, 3.05) is 32.1 Å². The van der Waals surface area contributed by atoms with Gasteiger partial charge in [0.15, 0.2) is 0 Å². The lowest BCUT2D eigenvalue weighted by atomic mass is 9.96. The van der Waals surface area contributed by atoms with Gasteiger partial charge in [0.05, 0.1) is 6.20 Å². The normalized spacial score (nSPS) is 18.0. The number of anilines is 1. The number of aromatic amines is 1. The second-order valence-corrected chi connectivity index (χ2v) is 6.71. The van der Waals surface area contributed by atoms with E-state index in [0.717, 1.165) is 18.3 Å². The lowest BCUT2D eigenvalue weighted by Gasteiger charge is -2.32. The van der Waals surface area contributed by atoms with E-state index >= 15 is 0 Å². The summed E-state index contributed by atoms with van der Waals surface area (Å²) in [6.07, 6.45) is -2.19. The van der Waals surface area contributed by atoms with Crippen LogP contribution in [0.3, 0.4) is 0 Å². The molecule has 3 rings (SSSR count). The third kappa shape index (κ3) is 3.84. The smallest absolute Gasteiger partial charge is 0.378 e. The van der Waals surface area contributed by atoms with Crippen LogP contribution in [0.1, 0.15) is 40.6 Å². The lowest BCUT2D eigenvalue weighted by Crippen LogP contribution is -2.39. The highest BCUT2D eigenvalue weighted by Crippen LogP contribution is 2.31. The SMILES string of the molecule is CN(C)c1ccc(C(=O)N2CCCC(c3ncc(C(F)(F)F)[nH]3)C2)cc1. The highest BCUT2D eigenvalue weighted by atomic mass is 19.4. The predicted octanol–water partition coefficient (Wildman–Crippen LogP) is 3.51. The van der Waals surface area contributed by atoms with Crippen LogP contribution < -0.4 is 4.90 Å². The van der Waals surface area contributed by atoms with Gasteiger partial charge in [-0.1, -0.05) is 0 Å². The van der Waals surface area contributed by atoms with Crippen LogP contribution in [0.25, 0.3) is 0 Å². The van der Waals surface area contributed by atoms with Crippen LogP contribution in [0, 0.1) is 0 Å². The summed E-state index contributed by atoms with van der Waals surface area (Å²) in [7, 11) is 3.84. The molecule has 1 aliphatic heterocycles. The Hall–Kier alpha value is -2.51. The van der Waals surface area contributed by atoms with E-state index in [9.17, 15) is 18.0 Å². The molecule has 0 saturated carbocycles. The number of aromatic nitrogens is 2. The molecule has 0 radical (unpaired) electrons. The van der Waals surface area contributed by atoms with Crippen LogP contribution in [0.15, 0.2) is 30.5 Å². The molecule has 140 valence electrons. The number of hydrogen-bond acceptors (Lipinski definition) is 3. The number of carbonyl (C=O) groups is 1. The van der Waals surface area contributed by atoms with Gasteiger partial charge >= 0.3 is 6.18 Å². The van der Waals surface area contributed by atoms with E-state index in [1.165, 1.54) is 0 Å². The van der Waals surface area contributed by atoms with E-state index in [0.29, 0.717) is 25.1 Å². The average Bonchev–Trinajstić information content (AvgIpc) is 3.12. The minimum absolute atomic E-state index is 0.109. The Bertz CT molecular complexity index is 767. The minimum atomic E-state index is -4.44. The fraction of sp³-hybridized carbons (Fsp3) is 0.444. The first-order valence-electron chi connectivity index (χ1n) is 8.44. The molecule has 5 nitrogen and oxygen atoms in total. The fourth-order valence-electron chi connectivity index (χ4n) is 3.16. The maximum absolute atomic E-state index is 12.7. The number of amides is 1. The molecular formula is C18H21F3N4O. The van der Waals surface area contributed by atoms with Crippen molar-refractivity contribution in [3.05, 3.63) is 47.5 Å². The van der Waals surface area contributed by atoms with Crippen molar-refractivity contribution in [3.63, 3.8) is 0 Å². The molecule has 2 heterocycles. The molecule has 0 spiro atoms. The molecule has 0 bridgehead atoms. The van der Waals surface area contributed by atoms with E-state index in [2.05, 4.69) is 9.97 Å². The highest BCUT2D eigenvalue weighted by molar-refractivity contribution is 5.94. The van der Waals surface area contributed by atoms with Gasteiger partial charge in [-0.15, -0.1) is 0 Å². The fourth-order valence-corrected chi connectivity index (χ4v) is 3.16. The van der Waals surface area contributed by atoms with Crippen molar-refractivity contribution >= 4 is 11.6 Å². The summed E-state index contributed by atoms with van der Waals surface area (Å²) in [5.41, 5.74) is 0.718. The molecule has 2 aromatic rings. The zero-order valence-corrected chi connectivity index (χ0v) is 14.7. The molecule has 1 aliphatic rings. The van der Waals surface area contributed by atoms with Gasteiger partial charge in [0, 0.05) is 44.4 Å². The molecule has 1 aromatic heterocycles. The zero-order valence-electron chi connectivity index (χ0n) is 14.7. The Labute approximate surface area is 149 Å². The maximum Gasteiger partial charge on any atom is 0.432 e. The standard InChI is InChI=1S/C18H21F3N4O/c1-24(2)14-7-5-12(6-8-14)17(26)25-9-3-4-13(11-25)16-22-10-15(23-16)18(19,20)21/h5-8,10,13H,3-4,9,11H2,1-2H3,(H,22,23). The second-order valence-electron chi connectivity index (χ2n) is 6.71. The molecule has 26 heavy (non-hydrogen) atoms. The third-order valence-corrected chi connectivity index (χ3v) is 4.63. The van der Waals surface area contributed by atoms with Crippen LogP contribution in [0.2, 0.25) is 0 Å². The van der Waals surface area contributed by atoms with Gasteiger partial charge in [0.2, 0.25) is 0 Å². The van der Waals surface area contributed by atoms with E-state index in [-0.39, 0.29) is 17.6 Å². The zero-order chi connectivity index (χ0) is 18.9. The number of halogens is 3. The van der Waals surface area contributed by atoms with Crippen molar-refractivity contribution < 1.29 is 18.0 Å². The summed E-state index contributed by atoms with van der Waals surface area (Å²) < 4.78 is 38.2. The van der Waals surface area contributed by atoms with Crippen molar-refractivity contribution in [1.29, 1.82) is 0 Å². The molecule has 1 aromatic carbocycles. The van der Waals surface area contributed by atoms with Gasteiger partial charge in [0.25, 0.3) is 5.91 Å². The van der Waals surface area contributed by atoms with E-state index in [1.54, 1.807) is 17.0 Å². The van der Waals surface area contributed by atoms with Gasteiger partial charge in [-0.3, -0.25) is 4.79 Å². The minimum Gasteiger partial charge on any atom is -0.378 e.